The molecule has 1 aliphatic carbocycles. The summed E-state index contributed by atoms with van der Waals surface area (Å²) in [6.45, 7) is 31.8. The van der Waals surface area contributed by atoms with Gasteiger partial charge >= 0.3 is 0 Å². The molecule has 1 aromatic rings. The maximum atomic E-state index is 2.30. The number of hydrogen-bond donors (Lipinski definition) is 0. The van der Waals surface area contributed by atoms with Crippen LogP contribution in [0.1, 0.15) is 135 Å². The molecule has 1 aromatic carbocycles. The minimum atomic E-state index is 0.404. The van der Waals surface area contributed by atoms with Crippen LogP contribution in [0.5, 0.6) is 0 Å². The smallest absolute Gasteiger partial charge is 0.0230 e. The highest BCUT2D eigenvalue weighted by Crippen LogP contribution is 2.34. The molecule has 0 aromatic heterocycles. The van der Waals surface area contributed by atoms with E-state index < -0.39 is 0 Å². The van der Waals surface area contributed by atoms with Crippen molar-refractivity contribution < 1.29 is 0 Å². The molecule has 0 aliphatic heterocycles. The van der Waals surface area contributed by atoms with Gasteiger partial charge in [-0.05, 0) is 71.7 Å². The van der Waals surface area contributed by atoms with E-state index in [0.29, 0.717) is 10.8 Å². The first-order chi connectivity index (χ1) is 14.9. The van der Waals surface area contributed by atoms with E-state index in [4.69, 9.17) is 0 Å². The zero-order valence-electron chi connectivity index (χ0n) is 25.5. The molecule has 0 nitrogen and oxygen atoms in total. The molecular weight excluding hydrogens is 396 g/mol. The average Bonchev–Trinajstić information content (AvgIpc) is 3.35. The van der Waals surface area contributed by atoms with Crippen molar-refractivity contribution >= 4 is 0 Å². The van der Waals surface area contributed by atoms with Gasteiger partial charge in [0, 0.05) is 0 Å². The fourth-order valence-electron chi connectivity index (χ4n) is 4.40. The second kappa shape index (κ2) is 17.6. The predicted molar refractivity (Wildman–Crippen MR) is 155 cm³/mol. The Bertz CT molecular complexity index is 513. The van der Waals surface area contributed by atoms with Crippen LogP contribution in [0.15, 0.2) is 30.3 Å². The van der Waals surface area contributed by atoms with Crippen LogP contribution < -0.4 is 0 Å². The van der Waals surface area contributed by atoms with Crippen molar-refractivity contribution in [2.24, 2.45) is 40.4 Å². The predicted octanol–water partition coefficient (Wildman–Crippen LogP) is 11.5. The molecular formula is C33H64. The first-order valence-corrected chi connectivity index (χ1v) is 13.9. The highest BCUT2D eigenvalue weighted by Gasteiger charge is 2.21. The summed E-state index contributed by atoms with van der Waals surface area (Å²) in [6, 6.07) is 10.6. The summed E-state index contributed by atoms with van der Waals surface area (Å²) < 4.78 is 0. The zero-order valence-corrected chi connectivity index (χ0v) is 25.5. The highest BCUT2D eigenvalue weighted by atomic mass is 14.3. The largest absolute Gasteiger partial charge is 0.0628 e. The van der Waals surface area contributed by atoms with E-state index in [9.17, 15) is 0 Å². The highest BCUT2D eigenvalue weighted by molar-refractivity contribution is 5.15. The molecule has 0 radical (unpaired) electrons. The number of hydrogen-bond acceptors (Lipinski definition) is 0. The molecule has 2 rings (SSSR count). The quantitative estimate of drug-likeness (QED) is 0.396. The molecule has 0 saturated heterocycles. The van der Waals surface area contributed by atoms with E-state index >= 15 is 0 Å². The van der Waals surface area contributed by atoms with Gasteiger partial charge in [-0.25, -0.2) is 0 Å². The first kappa shape index (κ1) is 34.4. The molecule has 0 amide bonds. The third-order valence-electron chi connectivity index (χ3n) is 5.04. The summed E-state index contributed by atoms with van der Waals surface area (Å²) in [4.78, 5) is 0. The molecule has 1 aliphatic rings. The molecule has 0 heterocycles. The Hall–Kier alpha value is -0.780. The van der Waals surface area contributed by atoms with Gasteiger partial charge in [0.15, 0.2) is 0 Å². The van der Waals surface area contributed by atoms with Gasteiger partial charge in [-0.1, -0.05) is 140 Å². The Labute approximate surface area is 211 Å². The van der Waals surface area contributed by atoms with Crippen LogP contribution in [0.4, 0.5) is 0 Å². The van der Waals surface area contributed by atoms with Crippen molar-refractivity contribution in [3.05, 3.63) is 35.9 Å². The van der Waals surface area contributed by atoms with E-state index in [-0.39, 0.29) is 0 Å². The topological polar surface area (TPSA) is 0 Å². The molecule has 33 heavy (non-hydrogen) atoms. The van der Waals surface area contributed by atoms with Crippen molar-refractivity contribution in [3.8, 4) is 0 Å². The summed E-state index contributed by atoms with van der Waals surface area (Å²) in [7, 11) is 0. The lowest BCUT2D eigenvalue weighted by atomic mass is 9.86. The lowest BCUT2D eigenvalue weighted by molar-refractivity contribution is 0.320. The van der Waals surface area contributed by atoms with Gasteiger partial charge in [0.2, 0.25) is 0 Å². The summed E-state index contributed by atoms with van der Waals surface area (Å²) in [5, 5.41) is 0. The van der Waals surface area contributed by atoms with E-state index in [1.165, 1.54) is 37.7 Å². The third kappa shape index (κ3) is 33.5. The van der Waals surface area contributed by atoms with Crippen molar-refractivity contribution in [2.45, 2.75) is 135 Å². The normalized spacial score (nSPS) is 13.8. The SMILES string of the molecule is CC(C)(C)Cc1ccccc1.CC(C)CC(C)(C)C.CC(C)CC(C)C.CC(C)CC1CC1. The van der Waals surface area contributed by atoms with Gasteiger partial charge in [0.25, 0.3) is 0 Å². The van der Waals surface area contributed by atoms with Crippen LogP contribution in [-0.4, -0.2) is 0 Å². The number of benzene rings is 1. The van der Waals surface area contributed by atoms with Crippen LogP contribution in [0.25, 0.3) is 0 Å². The van der Waals surface area contributed by atoms with Crippen molar-refractivity contribution in [1.82, 2.24) is 0 Å². The summed E-state index contributed by atoms with van der Waals surface area (Å²) in [5.41, 5.74) is 2.36. The molecule has 0 N–H and O–H groups in total. The Balaban J connectivity index is 0. The Morgan fingerprint density at radius 3 is 1.27 bits per heavy atom. The van der Waals surface area contributed by atoms with Crippen LogP contribution in [-0.2, 0) is 6.42 Å². The monoisotopic (exact) mass is 461 g/mol. The summed E-state index contributed by atoms with van der Waals surface area (Å²) in [6.07, 6.45) is 8.34. The van der Waals surface area contributed by atoms with E-state index in [2.05, 4.69) is 127 Å². The fourth-order valence-corrected chi connectivity index (χ4v) is 4.40. The van der Waals surface area contributed by atoms with Crippen LogP contribution in [0.3, 0.4) is 0 Å². The first-order valence-electron chi connectivity index (χ1n) is 13.9. The standard InChI is InChI=1S/C11H16.C8H18.C7H14.C7H16/c1-11(2,3)9-10-7-5-4-6-8-10;1-7(2)6-8(3,4)5;1-6(2)5-7-3-4-7;1-6(2)5-7(3)4/h4-8H,9H2,1-3H3;7H,6H2,1-5H3;6-7H,3-5H2,1-2H3;6-7H,5H2,1-4H3. The molecule has 0 heteroatoms. The van der Waals surface area contributed by atoms with Crippen LogP contribution >= 0.6 is 0 Å². The average molecular weight is 461 g/mol. The molecule has 0 spiro atoms. The van der Waals surface area contributed by atoms with E-state index in [1.807, 2.05) is 0 Å². The van der Waals surface area contributed by atoms with Crippen molar-refractivity contribution in [3.63, 3.8) is 0 Å². The second-order valence-corrected chi connectivity index (χ2v) is 14.5. The Morgan fingerprint density at radius 1 is 0.636 bits per heavy atom. The Morgan fingerprint density at radius 2 is 1.09 bits per heavy atom. The lowest BCUT2D eigenvalue weighted by Crippen LogP contribution is -2.08. The van der Waals surface area contributed by atoms with Gasteiger partial charge in [-0.15, -0.1) is 0 Å². The maximum absolute atomic E-state index is 2.30. The van der Waals surface area contributed by atoms with Gasteiger partial charge in [0.05, 0.1) is 0 Å². The van der Waals surface area contributed by atoms with Crippen molar-refractivity contribution in [2.75, 3.05) is 0 Å². The third-order valence-corrected chi connectivity index (χ3v) is 5.04. The minimum Gasteiger partial charge on any atom is -0.0628 e. The van der Waals surface area contributed by atoms with Crippen LogP contribution in [0.2, 0.25) is 0 Å². The van der Waals surface area contributed by atoms with E-state index in [1.54, 1.807) is 0 Å². The van der Waals surface area contributed by atoms with Gasteiger partial charge in [-0.3, -0.25) is 0 Å². The van der Waals surface area contributed by atoms with E-state index in [0.717, 1.165) is 36.0 Å². The Kier molecular flexibility index (Phi) is 18.4. The molecule has 0 atom stereocenters. The molecule has 196 valence electrons. The van der Waals surface area contributed by atoms with Gasteiger partial charge in [-0.2, -0.15) is 0 Å². The minimum absolute atomic E-state index is 0.404. The summed E-state index contributed by atoms with van der Waals surface area (Å²) >= 11 is 0. The van der Waals surface area contributed by atoms with Crippen molar-refractivity contribution in [1.29, 1.82) is 0 Å². The lowest BCUT2D eigenvalue weighted by Gasteiger charge is -2.19. The molecule has 0 bridgehead atoms. The number of rotatable bonds is 6. The maximum Gasteiger partial charge on any atom is -0.0230 e. The molecule has 0 unspecified atom stereocenters. The zero-order chi connectivity index (χ0) is 26.2. The van der Waals surface area contributed by atoms with Crippen LogP contribution in [0, 0.1) is 40.4 Å². The molecule has 1 saturated carbocycles. The van der Waals surface area contributed by atoms with Gasteiger partial charge in [0.1, 0.15) is 0 Å². The fraction of sp³-hybridized carbons (Fsp3) is 0.818. The second-order valence-electron chi connectivity index (χ2n) is 14.5. The van der Waals surface area contributed by atoms with Gasteiger partial charge < -0.3 is 0 Å². The summed E-state index contributed by atoms with van der Waals surface area (Å²) in [5.74, 6) is 4.66. The molecule has 1 fully saturated rings.